The summed E-state index contributed by atoms with van der Waals surface area (Å²) in [4.78, 5) is 0. The number of hydrogen-bond acceptors (Lipinski definition) is 0. The Labute approximate surface area is 91.1 Å². The minimum Gasteiger partial charge on any atom is -2.00 e. The van der Waals surface area contributed by atoms with E-state index in [4.69, 9.17) is 0 Å². The van der Waals surface area contributed by atoms with Gasteiger partial charge in [0.1, 0.15) is 0 Å². The van der Waals surface area contributed by atoms with Crippen molar-refractivity contribution in [3.8, 4) is 0 Å². The second kappa shape index (κ2) is 84.8. The Bertz CT molecular complexity index is 10.9. The summed E-state index contributed by atoms with van der Waals surface area (Å²) in [5, 5.41) is 0. The molecule has 0 N–H and O–H groups in total. The molecule has 0 aliphatic rings. The fourth-order valence-electron chi connectivity index (χ4n) is 0. The Kier molecular flexibility index (Phi) is 1490. The molecule has 0 saturated heterocycles. The number of rotatable bonds is 0. The van der Waals surface area contributed by atoms with Crippen LogP contribution in [0, 0.1) is 0 Å². The molecule has 7 heavy (non-hydrogen) atoms. The van der Waals surface area contributed by atoms with Gasteiger partial charge in [-0.3, -0.25) is 0 Å². The van der Waals surface area contributed by atoms with Crippen LogP contribution in [0.2, 0.25) is 0 Å². The summed E-state index contributed by atoms with van der Waals surface area (Å²) in [5.74, 6) is 0. The molecular formula is Al2O3Pd2. The van der Waals surface area contributed by atoms with Gasteiger partial charge in [0, 0.05) is 40.8 Å². The van der Waals surface area contributed by atoms with Crippen molar-refractivity contribution in [3.05, 3.63) is 0 Å². The molecule has 0 fully saturated rings. The Morgan fingerprint density at radius 2 is 0.429 bits per heavy atom. The van der Waals surface area contributed by atoms with Crippen LogP contribution in [0.4, 0.5) is 0 Å². The van der Waals surface area contributed by atoms with Gasteiger partial charge in [0.15, 0.2) is 0 Å². The van der Waals surface area contributed by atoms with Crippen LogP contribution in [0.5, 0.6) is 0 Å². The van der Waals surface area contributed by atoms with Crippen LogP contribution < -0.4 is 0 Å². The largest absolute Gasteiger partial charge is 3.00 e. The monoisotopic (exact) mass is 314 g/mol. The fourth-order valence-corrected chi connectivity index (χ4v) is 0. The Morgan fingerprint density at radius 1 is 0.429 bits per heavy atom. The van der Waals surface area contributed by atoms with E-state index in [1.54, 1.807) is 0 Å². The van der Waals surface area contributed by atoms with Gasteiger partial charge in [-0.2, -0.15) is 0 Å². The van der Waals surface area contributed by atoms with Gasteiger partial charge < -0.3 is 16.4 Å². The van der Waals surface area contributed by atoms with E-state index in [0.717, 1.165) is 0 Å². The van der Waals surface area contributed by atoms with E-state index >= 15 is 0 Å². The molecule has 44 valence electrons. The van der Waals surface area contributed by atoms with E-state index in [2.05, 4.69) is 0 Å². The van der Waals surface area contributed by atoms with E-state index in [-0.39, 0.29) is 92.0 Å². The van der Waals surface area contributed by atoms with E-state index in [9.17, 15) is 0 Å². The first kappa shape index (κ1) is 123. The van der Waals surface area contributed by atoms with Gasteiger partial charge in [-0.05, 0) is 0 Å². The summed E-state index contributed by atoms with van der Waals surface area (Å²) in [5.41, 5.74) is 0. The van der Waals surface area contributed by atoms with Gasteiger partial charge in [0.25, 0.3) is 0 Å². The summed E-state index contributed by atoms with van der Waals surface area (Å²) < 4.78 is 0. The normalized spacial score (nSPS) is 0. The molecule has 0 radical (unpaired) electrons. The molecule has 0 spiro atoms. The van der Waals surface area contributed by atoms with Crippen LogP contribution in [0.1, 0.15) is 0 Å². The minimum atomic E-state index is 0. The summed E-state index contributed by atoms with van der Waals surface area (Å²) in [7, 11) is 0. The molecule has 0 atom stereocenters. The third-order valence-electron chi connectivity index (χ3n) is 0. The van der Waals surface area contributed by atoms with Crippen LogP contribution in [-0.2, 0) is 57.3 Å². The Hall–Kier alpha value is 2.27. The fraction of sp³-hybridized carbons (Fsp3) is 0. The van der Waals surface area contributed by atoms with E-state index in [0.29, 0.717) is 0 Å². The first-order chi connectivity index (χ1) is 0. The van der Waals surface area contributed by atoms with Gasteiger partial charge in [-0.15, -0.1) is 0 Å². The maximum absolute atomic E-state index is 0. The van der Waals surface area contributed by atoms with Crippen LogP contribution in [0.25, 0.3) is 0 Å². The molecule has 0 aliphatic carbocycles. The zero-order valence-corrected chi connectivity index (χ0v) is 8.43. The molecule has 0 aliphatic heterocycles. The molecule has 7 heteroatoms. The van der Waals surface area contributed by atoms with Crippen molar-refractivity contribution < 1.29 is 57.3 Å². The molecule has 0 rings (SSSR count). The quantitative estimate of drug-likeness (QED) is 0.507. The second-order valence-electron chi connectivity index (χ2n) is 0. The first-order valence-electron chi connectivity index (χ1n) is 0. The first-order valence-corrected chi connectivity index (χ1v) is 0. The molecule has 0 unspecified atom stereocenters. The molecule has 0 bridgehead atoms. The van der Waals surface area contributed by atoms with Crippen LogP contribution >= 0.6 is 0 Å². The topological polar surface area (TPSA) is 85.5 Å². The Morgan fingerprint density at radius 3 is 0.429 bits per heavy atom. The summed E-state index contributed by atoms with van der Waals surface area (Å²) >= 11 is 0. The zero-order valence-electron chi connectivity index (χ0n) is 3.01. The van der Waals surface area contributed by atoms with Crippen LogP contribution in [-0.4, -0.2) is 34.7 Å². The average molecular weight is 315 g/mol. The average Bonchev–Trinajstić information content (AvgIpc) is 0. The van der Waals surface area contributed by atoms with Crippen molar-refractivity contribution >= 4 is 34.7 Å². The van der Waals surface area contributed by atoms with Crippen LogP contribution in [0.15, 0.2) is 0 Å². The zero-order chi connectivity index (χ0) is 0. The SMILES string of the molecule is [Al+3].[Al+3].[O-2].[O-2].[O-2].[Pd].[Pd]. The molecule has 3 nitrogen and oxygen atoms in total. The maximum Gasteiger partial charge on any atom is 3.00 e. The standard InChI is InChI=1S/2Al.3O.2Pd/q2*+3;3*-2;;. The van der Waals surface area contributed by atoms with Gasteiger partial charge in [-0.25, -0.2) is 0 Å². The maximum atomic E-state index is 0. The Balaban J connectivity index is 0. The summed E-state index contributed by atoms with van der Waals surface area (Å²) in [6, 6.07) is 0. The summed E-state index contributed by atoms with van der Waals surface area (Å²) in [6.45, 7) is 0. The molecular weight excluding hydrogens is 315 g/mol. The molecule has 0 saturated carbocycles. The summed E-state index contributed by atoms with van der Waals surface area (Å²) in [6.07, 6.45) is 0. The van der Waals surface area contributed by atoms with Gasteiger partial charge in [0.2, 0.25) is 0 Å². The number of hydrogen-bond donors (Lipinski definition) is 0. The molecule has 0 heterocycles. The molecule has 0 aromatic rings. The third-order valence-corrected chi connectivity index (χ3v) is 0. The second-order valence-corrected chi connectivity index (χ2v) is 0. The van der Waals surface area contributed by atoms with E-state index in [1.807, 2.05) is 0 Å². The van der Waals surface area contributed by atoms with Crippen molar-refractivity contribution in [2.24, 2.45) is 0 Å². The van der Waals surface area contributed by atoms with E-state index < -0.39 is 0 Å². The van der Waals surface area contributed by atoms with Crippen molar-refractivity contribution in [2.45, 2.75) is 0 Å². The predicted octanol–water partition coefficient (Wildman–Crippen LogP) is -1.12. The van der Waals surface area contributed by atoms with Gasteiger partial charge in [-0.1, -0.05) is 0 Å². The van der Waals surface area contributed by atoms with Crippen molar-refractivity contribution in [3.63, 3.8) is 0 Å². The van der Waals surface area contributed by atoms with Crippen molar-refractivity contribution in [1.82, 2.24) is 0 Å². The van der Waals surface area contributed by atoms with Crippen molar-refractivity contribution in [1.29, 1.82) is 0 Å². The van der Waals surface area contributed by atoms with E-state index in [1.165, 1.54) is 0 Å². The molecule has 0 aromatic heterocycles. The molecule has 0 amide bonds. The predicted molar refractivity (Wildman–Crippen MR) is 13.6 cm³/mol. The smallest absolute Gasteiger partial charge is 2.00 e. The van der Waals surface area contributed by atoms with Crippen LogP contribution in [0.3, 0.4) is 0 Å². The molecule has 0 aromatic carbocycles. The third kappa shape index (κ3) is 63.1. The van der Waals surface area contributed by atoms with Gasteiger partial charge in [0.05, 0.1) is 0 Å². The minimum absolute atomic E-state index is 0. The van der Waals surface area contributed by atoms with Gasteiger partial charge >= 0.3 is 34.7 Å². The van der Waals surface area contributed by atoms with Crippen molar-refractivity contribution in [2.75, 3.05) is 0 Å².